The average molecular weight is 280 g/mol. The molecule has 0 aliphatic rings. The minimum absolute atomic E-state index is 0.131. The fourth-order valence-corrected chi connectivity index (χ4v) is 2.06. The van der Waals surface area contributed by atoms with E-state index in [1.54, 1.807) is 12.1 Å². The smallest absolute Gasteiger partial charge is 0.236 e. The Morgan fingerprint density at radius 2 is 1.85 bits per heavy atom. The molecule has 3 nitrogen and oxygen atoms in total. The predicted molar refractivity (Wildman–Crippen MR) is 79.9 cm³/mol. The molecule has 0 saturated carbocycles. The van der Waals surface area contributed by atoms with Gasteiger partial charge in [-0.1, -0.05) is 39.8 Å². The molecule has 1 aromatic carbocycles. The van der Waals surface area contributed by atoms with Crippen molar-refractivity contribution in [1.29, 1.82) is 0 Å². The van der Waals surface area contributed by atoms with E-state index < -0.39 is 6.04 Å². The molecule has 0 spiro atoms. The monoisotopic (exact) mass is 280 g/mol. The van der Waals surface area contributed by atoms with Gasteiger partial charge in [-0.05, 0) is 30.0 Å². The van der Waals surface area contributed by atoms with Gasteiger partial charge in [0.1, 0.15) is 5.82 Å². The first kappa shape index (κ1) is 16.6. The highest BCUT2D eigenvalue weighted by Crippen LogP contribution is 2.22. The SMILES string of the molecule is CC(C)C[C@H](N)C(=O)NCC(C)(C)c1ccc(F)cc1. The van der Waals surface area contributed by atoms with Crippen LogP contribution in [0.25, 0.3) is 0 Å². The second-order valence-electron chi connectivity index (χ2n) is 6.34. The number of hydrogen-bond donors (Lipinski definition) is 2. The summed E-state index contributed by atoms with van der Waals surface area (Å²) in [6.45, 7) is 8.57. The summed E-state index contributed by atoms with van der Waals surface area (Å²) in [5.74, 6) is 0.00212. The third-order valence-electron chi connectivity index (χ3n) is 3.39. The van der Waals surface area contributed by atoms with Gasteiger partial charge in [0.15, 0.2) is 0 Å². The Bertz CT molecular complexity index is 440. The van der Waals surface area contributed by atoms with Crippen LogP contribution in [0.15, 0.2) is 24.3 Å². The van der Waals surface area contributed by atoms with Crippen LogP contribution in [-0.2, 0) is 10.2 Å². The van der Waals surface area contributed by atoms with Crippen LogP contribution in [-0.4, -0.2) is 18.5 Å². The second kappa shape index (κ2) is 6.84. The Labute approximate surface area is 120 Å². The van der Waals surface area contributed by atoms with Gasteiger partial charge in [0.25, 0.3) is 0 Å². The topological polar surface area (TPSA) is 55.1 Å². The largest absolute Gasteiger partial charge is 0.354 e. The lowest BCUT2D eigenvalue weighted by Crippen LogP contribution is -2.45. The highest BCUT2D eigenvalue weighted by Gasteiger charge is 2.23. The minimum atomic E-state index is -0.473. The maximum absolute atomic E-state index is 12.9. The van der Waals surface area contributed by atoms with E-state index in [-0.39, 0.29) is 17.1 Å². The van der Waals surface area contributed by atoms with Crippen LogP contribution in [0, 0.1) is 11.7 Å². The highest BCUT2D eigenvalue weighted by molar-refractivity contribution is 5.81. The summed E-state index contributed by atoms with van der Waals surface area (Å²) < 4.78 is 12.9. The molecule has 0 radical (unpaired) electrons. The number of halogens is 1. The number of amides is 1. The Morgan fingerprint density at radius 3 is 2.35 bits per heavy atom. The molecule has 0 bridgehead atoms. The molecule has 0 aliphatic heterocycles. The number of hydrogen-bond acceptors (Lipinski definition) is 2. The van der Waals surface area contributed by atoms with Crippen LogP contribution >= 0.6 is 0 Å². The first-order valence-corrected chi connectivity index (χ1v) is 7.01. The normalized spacial score (nSPS) is 13.3. The summed E-state index contributed by atoms with van der Waals surface area (Å²) in [6, 6.07) is 5.89. The summed E-state index contributed by atoms with van der Waals surface area (Å²) in [6.07, 6.45) is 0.669. The van der Waals surface area contributed by atoms with Gasteiger partial charge in [-0.25, -0.2) is 4.39 Å². The number of nitrogens with one attached hydrogen (secondary N) is 1. The third-order valence-corrected chi connectivity index (χ3v) is 3.39. The average Bonchev–Trinajstić information content (AvgIpc) is 2.35. The number of carbonyl (C=O) groups excluding carboxylic acids is 1. The van der Waals surface area contributed by atoms with Crippen LogP contribution < -0.4 is 11.1 Å². The van der Waals surface area contributed by atoms with Crippen LogP contribution in [0.5, 0.6) is 0 Å². The van der Waals surface area contributed by atoms with Crippen LogP contribution in [0.3, 0.4) is 0 Å². The van der Waals surface area contributed by atoms with Gasteiger partial charge in [0.2, 0.25) is 5.91 Å². The van der Waals surface area contributed by atoms with Crippen molar-refractivity contribution in [2.24, 2.45) is 11.7 Å². The van der Waals surface area contributed by atoms with E-state index in [1.165, 1.54) is 12.1 Å². The molecule has 0 saturated heterocycles. The molecule has 4 heteroatoms. The fourth-order valence-electron chi connectivity index (χ4n) is 2.06. The van der Waals surface area contributed by atoms with Crippen molar-refractivity contribution in [2.45, 2.75) is 45.6 Å². The van der Waals surface area contributed by atoms with Crippen LogP contribution in [0.2, 0.25) is 0 Å². The van der Waals surface area contributed by atoms with E-state index in [1.807, 2.05) is 27.7 Å². The summed E-state index contributed by atoms with van der Waals surface area (Å²) in [4.78, 5) is 11.9. The molecule has 1 amide bonds. The van der Waals surface area contributed by atoms with E-state index in [0.29, 0.717) is 18.9 Å². The molecule has 0 fully saturated rings. The Hall–Kier alpha value is -1.42. The van der Waals surface area contributed by atoms with Crippen LogP contribution in [0.4, 0.5) is 4.39 Å². The van der Waals surface area contributed by atoms with Crippen molar-refractivity contribution in [3.8, 4) is 0 Å². The Morgan fingerprint density at radius 1 is 1.30 bits per heavy atom. The highest BCUT2D eigenvalue weighted by atomic mass is 19.1. The molecule has 1 atom stereocenters. The predicted octanol–water partition coefficient (Wildman–Crippen LogP) is 2.59. The zero-order valence-electron chi connectivity index (χ0n) is 12.7. The number of carbonyl (C=O) groups is 1. The summed E-state index contributed by atoms with van der Waals surface area (Å²) >= 11 is 0. The molecule has 0 heterocycles. The molecule has 20 heavy (non-hydrogen) atoms. The molecular formula is C16H25FN2O. The molecule has 0 aromatic heterocycles. The molecular weight excluding hydrogens is 255 g/mol. The Kier molecular flexibility index (Phi) is 5.69. The van der Waals surface area contributed by atoms with E-state index in [4.69, 9.17) is 5.73 Å². The molecule has 1 aromatic rings. The Balaban J connectivity index is 2.59. The number of nitrogens with two attached hydrogens (primary N) is 1. The van der Waals surface area contributed by atoms with Crippen molar-refractivity contribution < 1.29 is 9.18 Å². The van der Waals surface area contributed by atoms with Crippen molar-refractivity contribution >= 4 is 5.91 Å². The third kappa shape index (κ3) is 4.93. The van der Waals surface area contributed by atoms with Gasteiger partial charge >= 0.3 is 0 Å². The quantitative estimate of drug-likeness (QED) is 0.841. The van der Waals surface area contributed by atoms with Crippen LogP contribution in [0.1, 0.15) is 39.7 Å². The lowest BCUT2D eigenvalue weighted by Gasteiger charge is -2.26. The van der Waals surface area contributed by atoms with E-state index >= 15 is 0 Å². The van der Waals surface area contributed by atoms with Crippen molar-refractivity contribution in [1.82, 2.24) is 5.32 Å². The number of rotatable bonds is 6. The summed E-state index contributed by atoms with van der Waals surface area (Å²) in [5.41, 5.74) is 6.56. The molecule has 1 rings (SSSR count). The molecule has 0 unspecified atom stereocenters. The maximum atomic E-state index is 12.9. The first-order valence-electron chi connectivity index (χ1n) is 7.01. The number of benzene rings is 1. The fraction of sp³-hybridized carbons (Fsp3) is 0.562. The van der Waals surface area contributed by atoms with E-state index in [9.17, 15) is 9.18 Å². The minimum Gasteiger partial charge on any atom is -0.354 e. The molecule has 112 valence electrons. The van der Waals surface area contributed by atoms with Gasteiger partial charge < -0.3 is 11.1 Å². The summed E-state index contributed by atoms with van der Waals surface area (Å²) in [5, 5.41) is 2.88. The lowest BCUT2D eigenvalue weighted by molar-refractivity contribution is -0.122. The van der Waals surface area contributed by atoms with Gasteiger partial charge in [-0.2, -0.15) is 0 Å². The second-order valence-corrected chi connectivity index (χ2v) is 6.34. The van der Waals surface area contributed by atoms with Gasteiger partial charge in [-0.15, -0.1) is 0 Å². The van der Waals surface area contributed by atoms with Crippen molar-refractivity contribution in [2.75, 3.05) is 6.54 Å². The molecule has 3 N–H and O–H groups in total. The van der Waals surface area contributed by atoms with Gasteiger partial charge in [-0.3, -0.25) is 4.79 Å². The first-order chi connectivity index (χ1) is 9.22. The summed E-state index contributed by atoms with van der Waals surface area (Å²) in [7, 11) is 0. The molecule has 0 aliphatic carbocycles. The van der Waals surface area contributed by atoms with Crippen molar-refractivity contribution in [3.05, 3.63) is 35.6 Å². The zero-order chi connectivity index (χ0) is 15.3. The zero-order valence-corrected chi connectivity index (χ0v) is 12.7. The van der Waals surface area contributed by atoms with Crippen molar-refractivity contribution in [3.63, 3.8) is 0 Å². The lowest BCUT2D eigenvalue weighted by atomic mass is 9.84. The van der Waals surface area contributed by atoms with E-state index in [0.717, 1.165) is 5.56 Å². The van der Waals surface area contributed by atoms with Gasteiger partial charge in [0, 0.05) is 12.0 Å². The maximum Gasteiger partial charge on any atom is 0.236 e. The standard InChI is InChI=1S/C16H25FN2O/c1-11(2)9-14(18)15(20)19-10-16(3,4)12-5-7-13(17)8-6-12/h5-8,11,14H,9-10,18H2,1-4H3,(H,19,20)/t14-/m0/s1. The van der Waals surface area contributed by atoms with Gasteiger partial charge in [0.05, 0.1) is 6.04 Å². The van der Waals surface area contributed by atoms with E-state index in [2.05, 4.69) is 5.32 Å².